The predicted molar refractivity (Wildman–Crippen MR) is 74.4 cm³/mol. The molecule has 0 atom stereocenters. The molecule has 0 spiro atoms. The third-order valence-corrected chi connectivity index (χ3v) is 3.98. The summed E-state index contributed by atoms with van der Waals surface area (Å²) in [6.07, 6.45) is 0.818. The van der Waals surface area contributed by atoms with E-state index in [0.29, 0.717) is 11.7 Å². The van der Waals surface area contributed by atoms with Crippen LogP contribution in [0.15, 0.2) is 26.1 Å². The summed E-state index contributed by atoms with van der Waals surface area (Å²) < 4.78 is 0.965. The molecule has 2 aromatic heterocycles. The Morgan fingerprint density at radius 3 is 2.82 bits per heavy atom. The summed E-state index contributed by atoms with van der Waals surface area (Å²) >= 11 is 5.03. The zero-order chi connectivity index (χ0) is 12.4. The molecule has 17 heavy (non-hydrogen) atoms. The van der Waals surface area contributed by atoms with Gasteiger partial charge in [0.15, 0.2) is 0 Å². The lowest BCUT2D eigenvalue weighted by atomic mass is 10.1. The van der Waals surface area contributed by atoms with Crippen molar-refractivity contribution in [2.45, 2.75) is 20.3 Å². The van der Waals surface area contributed by atoms with Gasteiger partial charge < -0.3 is 4.98 Å². The molecule has 0 unspecified atom stereocenters. The van der Waals surface area contributed by atoms with Crippen LogP contribution >= 0.6 is 27.3 Å². The Hall–Kier alpha value is -0.940. The third-order valence-electron chi connectivity index (χ3n) is 2.28. The summed E-state index contributed by atoms with van der Waals surface area (Å²) in [5.74, 6) is 1.13. The highest BCUT2D eigenvalue weighted by Crippen LogP contribution is 2.28. The first-order valence-electron chi connectivity index (χ1n) is 5.38. The summed E-state index contributed by atoms with van der Waals surface area (Å²) in [4.78, 5) is 18.9. The van der Waals surface area contributed by atoms with Gasteiger partial charge in [0, 0.05) is 32.6 Å². The van der Waals surface area contributed by atoms with Crippen molar-refractivity contribution in [2.24, 2.45) is 5.92 Å². The average molecular weight is 313 g/mol. The van der Waals surface area contributed by atoms with Crippen molar-refractivity contribution in [3.63, 3.8) is 0 Å². The highest BCUT2D eigenvalue weighted by Gasteiger charge is 2.09. The molecule has 3 nitrogen and oxygen atoms in total. The first-order chi connectivity index (χ1) is 8.06. The van der Waals surface area contributed by atoms with Gasteiger partial charge in [-0.2, -0.15) is 11.3 Å². The van der Waals surface area contributed by atoms with Gasteiger partial charge in [-0.25, -0.2) is 4.98 Å². The zero-order valence-electron chi connectivity index (χ0n) is 9.66. The Labute approximate surface area is 112 Å². The van der Waals surface area contributed by atoms with Crippen molar-refractivity contribution in [3.8, 4) is 11.4 Å². The maximum Gasteiger partial charge on any atom is 0.251 e. The summed E-state index contributed by atoms with van der Waals surface area (Å²) in [6.45, 7) is 4.23. The molecule has 0 aliphatic heterocycles. The van der Waals surface area contributed by atoms with Crippen molar-refractivity contribution in [3.05, 3.63) is 37.3 Å². The second-order valence-electron chi connectivity index (χ2n) is 4.32. The topological polar surface area (TPSA) is 45.8 Å². The summed E-state index contributed by atoms with van der Waals surface area (Å²) in [7, 11) is 0. The maximum atomic E-state index is 11.6. The van der Waals surface area contributed by atoms with Crippen molar-refractivity contribution >= 4 is 27.3 Å². The molecule has 90 valence electrons. The number of halogens is 1. The van der Waals surface area contributed by atoms with Gasteiger partial charge in [0.25, 0.3) is 5.56 Å². The van der Waals surface area contributed by atoms with E-state index >= 15 is 0 Å². The third kappa shape index (κ3) is 3.04. The summed E-state index contributed by atoms with van der Waals surface area (Å²) in [5, 5.41) is 3.95. The van der Waals surface area contributed by atoms with Gasteiger partial charge in [0.2, 0.25) is 0 Å². The fraction of sp³-hybridized carbons (Fsp3) is 0.333. The highest BCUT2D eigenvalue weighted by atomic mass is 79.9. The van der Waals surface area contributed by atoms with E-state index in [0.717, 1.165) is 22.2 Å². The first kappa shape index (κ1) is 12.5. The molecular weight excluding hydrogens is 300 g/mol. The van der Waals surface area contributed by atoms with Gasteiger partial charge >= 0.3 is 0 Å². The van der Waals surface area contributed by atoms with Crippen LogP contribution in [0, 0.1) is 5.92 Å². The van der Waals surface area contributed by atoms with Gasteiger partial charge in [-0.3, -0.25) is 4.79 Å². The van der Waals surface area contributed by atoms with Crippen LogP contribution in [0.4, 0.5) is 0 Å². The predicted octanol–water partition coefficient (Wildman–Crippen LogP) is 3.46. The highest BCUT2D eigenvalue weighted by molar-refractivity contribution is 9.10. The van der Waals surface area contributed by atoms with Crippen LogP contribution < -0.4 is 5.56 Å². The minimum atomic E-state index is -0.0937. The van der Waals surface area contributed by atoms with Crippen LogP contribution in [0.2, 0.25) is 0 Å². The molecule has 0 aliphatic carbocycles. The SMILES string of the molecule is CC(C)Cc1cc(=O)[nH]c(-c2cscc2Br)n1. The largest absolute Gasteiger partial charge is 0.306 e. The molecule has 0 fully saturated rings. The minimum Gasteiger partial charge on any atom is -0.306 e. The Morgan fingerprint density at radius 1 is 1.47 bits per heavy atom. The van der Waals surface area contributed by atoms with Gasteiger partial charge in [-0.1, -0.05) is 13.8 Å². The van der Waals surface area contributed by atoms with Crippen LogP contribution in [-0.4, -0.2) is 9.97 Å². The molecule has 0 bridgehead atoms. The van der Waals surface area contributed by atoms with Crippen molar-refractivity contribution < 1.29 is 0 Å². The molecule has 2 aromatic rings. The Morgan fingerprint density at radius 2 is 2.24 bits per heavy atom. The molecule has 2 heterocycles. The van der Waals surface area contributed by atoms with Gasteiger partial charge in [0.05, 0.1) is 0 Å². The molecule has 1 N–H and O–H groups in total. The molecule has 5 heteroatoms. The molecule has 0 aliphatic rings. The standard InChI is InChI=1S/C12H13BrN2OS/c1-7(2)3-8-4-11(16)15-12(14-8)9-5-17-6-10(9)13/h4-7H,3H2,1-2H3,(H,14,15,16). The first-order valence-corrected chi connectivity index (χ1v) is 7.12. The van der Waals surface area contributed by atoms with E-state index in [1.54, 1.807) is 17.4 Å². The van der Waals surface area contributed by atoms with E-state index in [1.807, 2.05) is 10.8 Å². The van der Waals surface area contributed by atoms with E-state index in [4.69, 9.17) is 0 Å². The van der Waals surface area contributed by atoms with E-state index in [-0.39, 0.29) is 5.56 Å². The molecule has 0 aromatic carbocycles. The smallest absolute Gasteiger partial charge is 0.251 e. The number of H-pyrrole nitrogens is 1. The molecule has 0 saturated carbocycles. The quantitative estimate of drug-likeness (QED) is 0.943. The van der Waals surface area contributed by atoms with Crippen LogP contribution in [0.25, 0.3) is 11.4 Å². The maximum absolute atomic E-state index is 11.6. The molecule has 0 radical (unpaired) electrons. The second-order valence-corrected chi connectivity index (χ2v) is 5.91. The van der Waals surface area contributed by atoms with Crippen molar-refractivity contribution in [1.29, 1.82) is 0 Å². The van der Waals surface area contributed by atoms with E-state index in [9.17, 15) is 4.79 Å². The lowest BCUT2D eigenvalue weighted by molar-refractivity contribution is 0.634. The Bertz CT molecular complexity index is 574. The lowest BCUT2D eigenvalue weighted by Crippen LogP contribution is -2.11. The van der Waals surface area contributed by atoms with Gasteiger partial charge in [-0.05, 0) is 28.3 Å². The number of hydrogen-bond donors (Lipinski definition) is 1. The van der Waals surface area contributed by atoms with Crippen molar-refractivity contribution in [1.82, 2.24) is 9.97 Å². The summed E-state index contributed by atoms with van der Waals surface area (Å²) in [6, 6.07) is 1.57. The summed E-state index contributed by atoms with van der Waals surface area (Å²) in [5.41, 5.74) is 1.69. The number of aromatic nitrogens is 2. The number of nitrogens with zero attached hydrogens (tertiary/aromatic N) is 1. The van der Waals surface area contributed by atoms with Gasteiger partial charge in [-0.15, -0.1) is 0 Å². The zero-order valence-corrected chi connectivity index (χ0v) is 12.1. The average Bonchev–Trinajstić information content (AvgIpc) is 2.62. The number of rotatable bonds is 3. The minimum absolute atomic E-state index is 0.0937. The fourth-order valence-corrected chi connectivity index (χ4v) is 3.08. The number of hydrogen-bond acceptors (Lipinski definition) is 3. The molecule has 0 amide bonds. The number of aromatic amines is 1. The van der Waals surface area contributed by atoms with E-state index in [1.165, 1.54) is 0 Å². The fourth-order valence-electron chi connectivity index (χ4n) is 1.61. The normalized spacial score (nSPS) is 11.1. The molecule has 0 saturated heterocycles. The monoisotopic (exact) mass is 312 g/mol. The second kappa shape index (κ2) is 5.14. The molecular formula is C12H13BrN2OS. The number of nitrogens with one attached hydrogen (secondary N) is 1. The van der Waals surface area contributed by atoms with Crippen LogP contribution in [0.3, 0.4) is 0 Å². The van der Waals surface area contributed by atoms with E-state index < -0.39 is 0 Å². The number of thiophene rings is 1. The molecule has 2 rings (SSSR count). The Balaban J connectivity index is 2.45. The Kier molecular flexibility index (Phi) is 3.79. The van der Waals surface area contributed by atoms with E-state index in [2.05, 4.69) is 39.7 Å². The van der Waals surface area contributed by atoms with Crippen molar-refractivity contribution in [2.75, 3.05) is 0 Å². The van der Waals surface area contributed by atoms with Crippen LogP contribution in [0.5, 0.6) is 0 Å². The van der Waals surface area contributed by atoms with Crippen LogP contribution in [0.1, 0.15) is 19.5 Å². The lowest BCUT2D eigenvalue weighted by Gasteiger charge is -2.05. The van der Waals surface area contributed by atoms with Crippen LogP contribution in [-0.2, 0) is 6.42 Å². The van der Waals surface area contributed by atoms with Gasteiger partial charge in [0.1, 0.15) is 5.82 Å².